The molecule has 5 nitrogen and oxygen atoms in total. The summed E-state index contributed by atoms with van der Waals surface area (Å²) in [7, 11) is 0. The van der Waals surface area contributed by atoms with Crippen LogP contribution in [0.3, 0.4) is 0 Å². The molecular formula is C15H24N2O3. The first-order valence-corrected chi connectivity index (χ1v) is 6.82. The molecule has 0 spiro atoms. The quantitative estimate of drug-likeness (QED) is 0.641. The summed E-state index contributed by atoms with van der Waals surface area (Å²) < 4.78 is 5.71. The van der Waals surface area contributed by atoms with Crippen LogP contribution in [0.2, 0.25) is 0 Å². The fraction of sp³-hybridized carbons (Fsp3) is 0.600. The molecule has 0 fully saturated rings. The van der Waals surface area contributed by atoms with Crippen molar-refractivity contribution in [2.24, 2.45) is 5.92 Å². The summed E-state index contributed by atoms with van der Waals surface area (Å²) in [5.74, 6) is 0.912. The van der Waals surface area contributed by atoms with Crippen LogP contribution in [0.15, 0.2) is 18.2 Å². The SMILES string of the molecule is Cc1c(OCC(C)CNC(C)(C)C)cccc1[N+](=O)[O-]. The number of nitro groups is 1. The second-order valence-electron chi connectivity index (χ2n) is 6.20. The Bertz CT molecular complexity index is 467. The zero-order valence-electron chi connectivity index (χ0n) is 12.9. The highest BCUT2D eigenvalue weighted by molar-refractivity contribution is 5.48. The first-order valence-electron chi connectivity index (χ1n) is 6.82. The third kappa shape index (κ3) is 5.17. The second-order valence-corrected chi connectivity index (χ2v) is 6.20. The maximum atomic E-state index is 10.9. The Balaban J connectivity index is 2.58. The molecule has 1 unspecified atom stereocenters. The maximum absolute atomic E-state index is 10.9. The van der Waals surface area contributed by atoms with Crippen LogP contribution in [-0.4, -0.2) is 23.6 Å². The molecular weight excluding hydrogens is 256 g/mol. The van der Waals surface area contributed by atoms with E-state index in [1.807, 2.05) is 0 Å². The standard InChI is InChI=1S/C15H24N2O3/c1-11(9-16-15(3,4)5)10-20-14-8-6-7-13(12(14)2)17(18)19/h6-8,11,16H,9-10H2,1-5H3. The van der Waals surface area contributed by atoms with Crippen molar-refractivity contribution in [2.45, 2.75) is 40.2 Å². The Morgan fingerprint density at radius 3 is 2.60 bits per heavy atom. The number of benzene rings is 1. The average Bonchev–Trinajstić information content (AvgIpc) is 2.34. The van der Waals surface area contributed by atoms with Crippen LogP contribution in [0.25, 0.3) is 0 Å². The number of ether oxygens (including phenoxy) is 1. The lowest BCUT2D eigenvalue weighted by atomic mass is 10.1. The average molecular weight is 280 g/mol. The monoisotopic (exact) mass is 280 g/mol. The van der Waals surface area contributed by atoms with Crippen LogP contribution < -0.4 is 10.1 Å². The number of nitro benzene ring substituents is 1. The first-order chi connectivity index (χ1) is 9.20. The zero-order valence-corrected chi connectivity index (χ0v) is 12.9. The van der Waals surface area contributed by atoms with E-state index in [0.29, 0.717) is 23.8 Å². The summed E-state index contributed by atoms with van der Waals surface area (Å²) in [5, 5.41) is 14.3. The molecule has 1 N–H and O–H groups in total. The van der Waals surface area contributed by atoms with Crippen molar-refractivity contribution in [2.75, 3.05) is 13.2 Å². The summed E-state index contributed by atoms with van der Waals surface area (Å²) in [4.78, 5) is 10.5. The Morgan fingerprint density at radius 2 is 2.05 bits per heavy atom. The number of nitrogens with one attached hydrogen (secondary N) is 1. The summed E-state index contributed by atoms with van der Waals surface area (Å²) >= 11 is 0. The van der Waals surface area contributed by atoms with Crippen molar-refractivity contribution in [3.63, 3.8) is 0 Å². The Kier molecular flexibility index (Phi) is 5.51. The lowest BCUT2D eigenvalue weighted by molar-refractivity contribution is -0.385. The van der Waals surface area contributed by atoms with Gasteiger partial charge in [0.25, 0.3) is 5.69 Å². The molecule has 112 valence electrons. The van der Waals surface area contributed by atoms with Crippen LogP contribution in [-0.2, 0) is 0 Å². The first kappa shape index (κ1) is 16.4. The second kappa shape index (κ2) is 6.70. The molecule has 20 heavy (non-hydrogen) atoms. The fourth-order valence-corrected chi connectivity index (χ4v) is 1.73. The molecule has 1 atom stereocenters. The third-order valence-electron chi connectivity index (χ3n) is 2.96. The molecule has 5 heteroatoms. The lowest BCUT2D eigenvalue weighted by Gasteiger charge is -2.23. The highest BCUT2D eigenvalue weighted by Crippen LogP contribution is 2.27. The van der Waals surface area contributed by atoms with Gasteiger partial charge in [0.05, 0.1) is 17.1 Å². The van der Waals surface area contributed by atoms with Gasteiger partial charge in [-0.1, -0.05) is 13.0 Å². The number of nitrogens with zero attached hydrogens (tertiary/aromatic N) is 1. The molecule has 0 bridgehead atoms. The van der Waals surface area contributed by atoms with E-state index >= 15 is 0 Å². The minimum Gasteiger partial charge on any atom is -0.493 e. The van der Waals surface area contributed by atoms with Crippen molar-refractivity contribution >= 4 is 5.69 Å². The van der Waals surface area contributed by atoms with Crippen molar-refractivity contribution in [3.8, 4) is 5.75 Å². The molecule has 0 aliphatic carbocycles. The predicted molar refractivity (Wildman–Crippen MR) is 80.2 cm³/mol. The number of hydrogen-bond donors (Lipinski definition) is 1. The van der Waals surface area contributed by atoms with Gasteiger partial charge in [0.15, 0.2) is 0 Å². The zero-order chi connectivity index (χ0) is 15.3. The van der Waals surface area contributed by atoms with Gasteiger partial charge >= 0.3 is 0 Å². The maximum Gasteiger partial charge on any atom is 0.276 e. The predicted octanol–water partition coefficient (Wildman–Crippen LogP) is 3.31. The van der Waals surface area contributed by atoms with Gasteiger partial charge in [-0.2, -0.15) is 0 Å². The van der Waals surface area contributed by atoms with Gasteiger partial charge in [0, 0.05) is 24.1 Å². The molecule has 0 heterocycles. The Hall–Kier alpha value is -1.62. The Morgan fingerprint density at radius 1 is 1.40 bits per heavy atom. The largest absolute Gasteiger partial charge is 0.493 e. The van der Waals surface area contributed by atoms with Gasteiger partial charge in [0.2, 0.25) is 0 Å². The minimum atomic E-state index is -0.382. The van der Waals surface area contributed by atoms with Gasteiger partial charge in [-0.05, 0) is 33.8 Å². The molecule has 0 aliphatic heterocycles. The minimum absolute atomic E-state index is 0.0791. The molecule has 1 rings (SSSR count). The molecule has 0 amide bonds. The third-order valence-corrected chi connectivity index (χ3v) is 2.96. The molecule has 0 saturated heterocycles. The van der Waals surface area contributed by atoms with E-state index in [0.717, 1.165) is 6.54 Å². The van der Waals surface area contributed by atoms with Crippen LogP contribution in [0.5, 0.6) is 5.75 Å². The van der Waals surface area contributed by atoms with E-state index in [9.17, 15) is 10.1 Å². The van der Waals surface area contributed by atoms with Gasteiger partial charge in [-0.25, -0.2) is 0 Å². The lowest BCUT2D eigenvalue weighted by Crippen LogP contribution is -2.39. The van der Waals surface area contributed by atoms with E-state index in [4.69, 9.17) is 4.74 Å². The van der Waals surface area contributed by atoms with E-state index in [1.165, 1.54) is 6.07 Å². The van der Waals surface area contributed by atoms with Crippen LogP contribution in [0.4, 0.5) is 5.69 Å². The summed E-state index contributed by atoms with van der Waals surface area (Å²) in [6.45, 7) is 11.5. The van der Waals surface area contributed by atoms with Gasteiger partial charge < -0.3 is 10.1 Å². The van der Waals surface area contributed by atoms with E-state index in [1.54, 1.807) is 19.1 Å². The molecule has 1 aromatic carbocycles. The van der Waals surface area contributed by atoms with E-state index < -0.39 is 0 Å². The molecule has 0 radical (unpaired) electrons. The van der Waals surface area contributed by atoms with Gasteiger partial charge in [-0.15, -0.1) is 0 Å². The van der Waals surface area contributed by atoms with Crippen molar-refractivity contribution < 1.29 is 9.66 Å². The number of hydrogen-bond acceptors (Lipinski definition) is 4. The molecule has 0 aliphatic rings. The summed E-state index contributed by atoms with van der Waals surface area (Å²) in [6.07, 6.45) is 0. The number of rotatable bonds is 6. The van der Waals surface area contributed by atoms with Crippen molar-refractivity contribution in [1.29, 1.82) is 0 Å². The van der Waals surface area contributed by atoms with Gasteiger partial charge in [-0.3, -0.25) is 10.1 Å². The smallest absolute Gasteiger partial charge is 0.276 e. The normalized spacial score (nSPS) is 13.1. The molecule has 0 aromatic heterocycles. The summed E-state index contributed by atoms with van der Waals surface area (Å²) in [6, 6.07) is 4.91. The summed E-state index contributed by atoms with van der Waals surface area (Å²) in [5.41, 5.74) is 0.756. The highest BCUT2D eigenvalue weighted by Gasteiger charge is 2.15. The van der Waals surface area contributed by atoms with Crippen LogP contribution in [0, 0.1) is 23.0 Å². The Labute approximate surface area is 120 Å². The van der Waals surface area contributed by atoms with Crippen molar-refractivity contribution in [1.82, 2.24) is 5.32 Å². The fourth-order valence-electron chi connectivity index (χ4n) is 1.73. The van der Waals surface area contributed by atoms with E-state index in [-0.39, 0.29) is 16.1 Å². The molecule has 0 saturated carbocycles. The van der Waals surface area contributed by atoms with E-state index in [2.05, 4.69) is 33.0 Å². The van der Waals surface area contributed by atoms with Gasteiger partial charge in [0.1, 0.15) is 5.75 Å². The van der Waals surface area contributed by atoms with Crippen molar-refractivity contribution in [3.05, 3.63) is 33.9 Å². The topological polar surface area (TPSA) is 64.4 Å². The van der Waals surface area contributed by atoms with Crippen LogP contribution >= 0.6 is 0 Å². The van der Waals surface area contributed by atoms with Crippen LogP contribution in [0.1, 0.15) is 33.3 Å². The molecule has 1 aromatic rings. The highest BCUT2D eigenvalue weighted by atomic mass is 16.6.